The predicted molar refractivity (Wildman–Crippen MR) is 90.5 cm³/mol. The van der Waals surface area contributed by atoms with Gasteiger partial charge < -0.3 is 4.90 Å². The fourth-order valence-corrected chi connectivity index (χ4v) is 2.94. The molecule has 0 bridgehead atoms. The molecule has 102 valence electrons. The van der Waals surface area contributed by atoms with Gasteiger partial charge in [0.2, 0.25) is 0 Å². The van der Waals surface area contributed by atoms with Gasteiger partial charge in [-0.3, -0.25) is 0 Å². The predicted octanol–water partition coefficient (Wildman–Crippen LogP) is 5.40. The van der Waals surface area contributed by atoms with Crippen molar-refractivity contribution in [1.29, 1.82) is 5.26 Å². The van der Waals surface area contributed by atoms with E-state index >= 15 is 0 Å². The molecule has 2 rings (SSSR count). The van der Waals surface area contributed by atoms with E-state index in [-0.39, 0.29) is 0 Å². The topological polar surface area (TPSA) is 27.0 Å². The van der Waals surface area contributed by atoms with Gasteiger partial charge in [-0.05, 0) is 35.9 Å². The van der Waals surface area contributed by atoms with Crippen LogP contribution in [0.5, 0.6) is 0 Å². The largest absolute Gasteiger partial charge is 0.340 e. The van der Waals surface area contributed by atoms with Gasteiger partial charge in [0.1, 0.15) is 0 Å². The van der Waals surface area contributed by atoms with Crippen molar-refractivity contribution in [3.05, 3.63) is 58.6 Å². The lowest BCUT2D eigenvalue weighted by molar-refractivity contribution is 0.942. The number of anilines is 2. The Morgan fingerprint density at radius 3 is 2.50 bits per heavy atom. The van der Waals surface area contributed by atoms with E-state index in [0.29, 0.717) is 13.0 Å². The van der Waals surface area contributed by atoms with Crippen LogP contribution in [0.15, 0.2) is 53.0 Å². The Morgan fingerprint density at radius 2 is 1.85 bits per heavy atom. The number of rotatable bonds is 5. The molecule has 2 nitrogen and oxygen atoms in total. The van der Waals surface area contributed by atoms with E-state index in [4.69, 9.17) is 5.26 Å². The highest BCUT2D eigenvalue weighted by Gasteiger charge is 2.13. The lowest BCUT2D eigenvalue weighted by Gasteiger charge is -2.26. The molecule has 0 aliphatic carbocycles. The summed E-state index contributed by atoms with van der Waals surface area (Å²) >= 11 is 7.04. The summed E-state index contributed by atoms with van der Waals surface area (Å²) in [5, 5.41) is 9.66. The van der Waals surface area contributed by atoms with Crippen LogP contribution in [0.25, 0.3) is 0 Å². The number of hydrogen-bond acceptors (Lipinski definition) is 2. The monoisotopic (exact) mass is 392 g/mol. The third-order valence-electron chi connectivity index (χ3n) is 2.99. The zero-order chi connectivity index (χ0) is 14.4. The molecule has 0 atom stereocenters. The molecule has 0 saturated carbocycles. The van der Waals surface area contributed by atoms with Crippen molar-refractivity contribution < 1.29 is 0 Å². The van der Waals surface area contributed by atoms with Crippen LogP contribution in [0, 0.1) is 11.3 Å². The zero-order valence-corrected chi connectivity index (χ0v) is 14.1. The molecule has 0 fully saturated rings. The maximum Gasteiger partial charge on any atom is 0.0640 e. The summed E-state index contributed by atoms with van der Waals surface area (Å²) in [5.74, 6) is 0. The van der Waals surface area contributed by atoms with E-state index in [1.807, 2.05) is 24.3 Å². The molecule has 0 unspecified atom stereocenters. The lowest BCUT2D eigenvalue weighted by Crippen LogP contribution is -2.19. The van der Waals surface area contributed by atoms with Gasteiger partial charge in [0.05, 0.1) is 12.5 Å². The number of alkyl halides is 1. The van der Waals surface area contributed by atoms with E-state index in [2.05, 4.69) is 67.1 Å². The Morgan fingerprint density at radius 1 is 1.10 bits per heavy atom. The number of para-hydroxylation sites is 1. The second-order valence-corrected chi connectivity index (χ2v) is 5.78. The minimum absolute atomic E-state index is 0.493. The fourth-order valence-electron chi connectivity index (χ4n) is 2.08. The van der Waals surface area contributed by atoms with Crippen molar-refractivity contribution in [2.75, 3.05) is 11.4 Å². The van der Waals surface area contributed by atoms with Gasteiger partial charge in [-0.15, -0.1) is 0 Å². The highest BCUT2D eigenvalue weighted by Crippen LogP contribution is 2.32. The molecule has 0 spiro atoms. The molecule has 0 heterocycles. The van der Waals surface area contributed by atoms with Crippen molar-refractivity contribution in [1.82, 2.24) is 0 Å². The molecule has 0 saturated heterocycles. The first-order valence-electron chi connectivity index (χ1n) is 6.30. The van der Waals surface area contributed by atoms with Crippen LogP contribution in [0.2, 0.25) is 0 Å². The van der Waals surface area contributed by atoms with E-state index in [0.717, 1.165) is 21.2 Å². The van der Waals surface area contributed by atoms with Crippen LogP contribution in [0.3, 0.4) is 0 Å². The molecule has 20 heavy (non-hydrogen) atoms. The minimum atomic E-state index is 0.493. The van der Waals surface area contributed by atoms with Crippen LogP contribution >= 0.6 is 31.9 Å². The highest BCUT2D eigenvalue weighted by molar-refractivity contribution is 9.10. The van der Waals surface area contributed by atoms with Crippen molar-refractivity contribution in [2.24, 2.45) is 0 Å². The molecule has 0 radical (unpaired) electrons. The van der Waals surface area contributed by atoms with Gasteiger partial charge in [-0.2, -0.15) is 5.26 Å². The molecular weight excluding hydrogens is 380 g/mol. The second-order valence-electron chi connectivity index (χ2n) is 4.30. The van der Waals surface area contributed by atoms with Gasteiger partial charge in [-0.1, -0.05) is 50.1 Å². The average Bonchev–Trinajstić information content (AvgIpc) is 2.49. The van der Waals surface area contributed by atoms with Crippen LogP contribution in [0.1, 0.15) is 12.0 Å². The Bertz CT molecular complexity index is 606. The molecular formula is C16H14Br2N2. The molecule has 0 aliphatic heterocycles. The SMILES string of the molecule is N#CCCN(c1ccccc1)c1ccc(Br)cc1CBr. The van der Waals surface area contributed by atoms with Crippen molar-refractivity contribution in [3.8, 4) is 6.07 Å². The van der Waals surface area contributed by atoms with Gasteiger partial charge in [0, 0.05) is 27.7 Å². The van der Waals surface area contributed by atoms with Crippen LogP contribution in [-0.4, -0.2) is 6.54 Å². The third kappa shape index (κ3) is 3.62. The highest BCUT2D eigenvalue weighted by atomic mass is 79.9. The summed E-state index contributed by atoms with van der Waals surface area (Å²) in [6.45, 7) is 0.683. The van der Waals surface area contributed by atoms with Gasteiger partial charge >= 0.3 is 0 Å². The van der Waals surface area contributed by atoms with Gasteiger partial charge in [-0.25, -0.2) is 0 Å². The van der Waals surface area contributed by atoms with E-state index in [9.17, 15) is 0 Å². The quantitative estimate of drug-likeness (QED) is 0.636. The number of nitrogens with zero attached hydrogens (tertiary/aromatic N) is 2. The molecule has 4 heteroatoms. The summed E-state index contributed by atoms with van der Waals surface area (Å²) in [6.07, 6.45) is 0.493. The zero-order valence-electron chi connectivity index (χ0n) is 10.9. The maximum absolute atomic E-state index is 8.89. The number of halogens is 2. The van der Waals surface area contributed by atoms with Gasteiger partial charge in [0.25, 0.3) is 0 Å². The molecule has 2 aromatic carbocycles. The summed E-state index contributed by atoms with van der Waals surface area (Å²) in [5.41, 5.74) is 3.43. The number of nitriles is 1. The number of hydrogen-bond donors (Lipinski definition) is 0. The molecule has 2 aromatic rings. The number of benzene rings is 2. The molecule has 0 aliphatic rings. The van der Waals surface area contributed by atoms with Crippen molar-refractivity contribution in [2.45, 2.75) is 11.8 Å². The van der Waals surface area contributed by atoms with Gasteiger partial charge in [0.15, 0.2) is 0 Å². The van der Waals surface area contributed by atoms with Crippen molar-refractivity contribution >= 4 is 43.2 Å². The molecule has 0 N–H and O–H groups in total. The van der Waals surface area contributed by atoms with E-state index < -0.39 is 0 Å². The summed E-state index contributed by atoms with van der Waals surface area (Å²) in [6, 6.07) is 18.6. The maximum atomic E-state index is 8.89. The van der Waals surface area contributed by atoms with Crippen LogP contribution in [0.4, 0.5) is 11.4 Å². The van der Waals surface area contributed by atoms with E-state index in [1.54, 1.807) is 0 Å². The first-order valence-corrected chi connectivity index (χ1v) is 8.21. The smallest absolute Gasteiger partial charge is 0.0640 e. The fraction of sp³-hybridized carbons (Fsp3) is 0.188. The standard InChI is InChI=1S/C16H14Br2N2/c17-12-13-11-14(18)7-8-16(13)20(10-4-9-19)15-5-2-1-3-6-15/h1-3,5-8,11H,4,10,12H2. The van der Waals surface area contributed by atoms with Crippen LogP contribution in [-0.2, 0) is 5.33 Å². The van der Waals surface area contributed by atoms with Crippen molar-refractivity contribution in [3.63, 3.8) is 0 Å². The molecule has 0 amide bonds. The summed E-state index contributed by atoms with van der Waals surface area (Å²) in [4.78, 5) is 2.19. The second kappa shape index (κ2) is 7.47. The minimum Gasteiger partial charge on any atom is -0.340 e. The Balaban J connectivity index is 2.44. The first-order chi connectivity index (χ1) is 9.76. The Labute approximate surface area is 136 Å². The third-order valence-corrected chi connectivity index (χ3v) is 4.09. The molecule has 0 aromatic heterocycles. The Hall–Kier alpha value is -1.31. The Kier molecular flexibility index (Phi) is 5.63. The summed E-state index contributed by atoms with van der Waals surface area (Å²) in [7, 11) is 0. The first kappa shape index (κ1) is 15.1. The lowest BCUT2D eigenvalue weighted by atomic mass is 10.1. The summed E-state index contributed by atoms with van der Waals surface area (Å²) < 4.78 is 1.06. The average molecular weight is 394 g/mol. The van der Waals surface area contributed by atoms with Crippen LogP contribution < -0.4 is 4.90 Å². The normalized spacial score (nSPS) is 10.1. The van der Waals surface area contributed by atoms with E-state index in [1.165, 1.54) is 5.56 Å².